The Morgan fingerprint density at radius 1 is 0.923 bits per heavy atom. The minimum absolute atomic E-state index is 0.0655. The van der Waals surface area contributed by atoms with Gasteiger partial charge in [0.1, 0.15) is 5.57 Å². The number of barbiturate groups is 1. The highest BCUT2D eigenvalue weighted by Crippen LogP contribution is 2.43. The van der Waals surface area contributed by atoms with Crippen LogP contribution in [0.3, 0.4) is 0 Å². The van der Waals surface area contributed by atoms with Gasteiger partial charge in [0, 0.05) is 18.0 Å². The Morgan fingerprint density at radius 2 is 1.62 bits per heavy atom. The van der Waals surface area contributed by atoms with E-state index in [2.05, 4.69) is 12.2 Å². The molecule has 0 aliphatic carbocycles. The molecule has 0 atom stereocenters. The average molecular weight is 373 g/mol. The van der Waals surface area contributed by atoms with Crippen molar-refractivity contribution in [1.29, 1.82) is 0 Å². The molecule has 6 nitrogen and oxygen atoms in total. The van der Waals surface area contributed by atoms with Gasteiger partial charge in [-0.2, -0.15) is 0 Å². The van der Waals surface area contributed by atoms with Crippen LogP contribution in [0.4, 0.5) is 10.5 Å². The molecule has 2 heterocycles. The number of urea groups is 1. The van der Waals surface area contributed by atoms with Crippen molar-refractivity contribution in [3.8, 4) is 0 Å². The van der Waals surface area contributed by atoms with Gasteiger partial charge in [0.2, 0.25) is 0 Å². The molecule has 0 spiro atoms. The second-order valence-electron chi connectivity index (χ2n) is 6.33. The zero-order valence-corrected chi connectivity index (χ0v) is 15.9. The molecule has 0 bridgehead atoms. The number of unbranched alkanes of at least 4 members (excludes halogenated alkanes) is 2. The lowest BCUT2D eigenvalue weighted by atomic mass is 10.1. The molecular weight excluding hydrogens is 350 g/mol. The number of anilines is 1. The fraction of sp³-hybridized carbons (Fsp3) is 0.421. The number of benzene rings is 1. The summed E-state index contributed by atoms with van der Waals surface area (Å²) in [4.78, 5) is 41.9. The molecule has 1 N–H and O–H groups in total. The zero-order valence-electron chi connectivity index (χ0n) is 15.1. The molecule has 0 aromatic heterocycles. The normalized spacial score (nSPS) is 19.8. The van der Waals surface area contributed by atoms with Crippen LogP contribution in [-0.2, 0) is 9.59 Å². The maximum atomic E-state index is 13.0. The number of para-hydroxylation sites is 1. The highest BCUT2D eigenvalue weighted by molar-refractivity contribution is 8.03. The number of nitrogens with one attached hydrogen (secondary N) is 1. The first-order valence-corrected chi connectivity index (χ1v) is 9.86. The number of thioether (sulfide) groups is 1. The van der Waals surface area contributed by atoms with Gasteiger partial charge in [-0.05, 0) is 25.0 Å². The first-order chi connectivity index (χ1) is 12.6. The molecule has 0 radical (unpaired) electrons. The number of fused-ring (bicyclic) bond motifs is 1. The summed E-state index contributed by atoms with van der Waals surface area (Å²) in [5.41, 5.74) is 0.938. The van der Waals surface area contributed by atoms with Gasteiger partial charge >= 0.3 is 6.03 Å². The molecule has 3 rings (SSSR count). The first kappa shape index (κ1) is 18.5. The van der Waals surface area contributed by atoms with Crippen LogP contribution in [0.1, 0.15) is 39.5 Å². The highest BCUT2D eigenvalue weighted by Gasteiger charge is 2.44. The third-order valence-corrected chi connectivity index (χ3v) is 5.47. The van der Waals surface area contributed by atoms with E-state index in [4.69, 9.17) is 0 Å². The fourth-order valence-corrected chi connectivity index (χ4v) is 4.08. The number of carbonyl (C=O) groups excluding carboxylic acids is 3. The van der Waals surface area contributed by atoms with Crippen molar-refractivity contribution in [2.24, 2.45) is 0 Å². The Hall–Kier alpha value is -2.28. The SMILES string of the molecule is CCCCCN1C(=O)/C(=C2/Nc3ccccc3S2)C(=O)N(CCC)C1=O. The van der Waals surface area contributed by atoms with Crippen molar-refractivity contribution in [2.75, 3.05) is 18.4 Å². The van der Waals surface area contributed by atoms with E-state index in [1.165, 1.54) is 21.6 Å². The van der Waals surface area contributed by atoms with E-state index in [9.17, 15) is 14.4 Å². The number of amides is 4. The molecule has 1 aromatic rings. The van der Waals surface area contributed by atoms with Gasteiger partial charge in [-0.3, -0.25) is 19.4 Å². The van der Waals surface area contributed by atoms with E-state index in [-0.39, 0.29) is 5.57 Å². The lowest BCUT2D eigenvalue weighted by Crippen LogP contribution is -2.57. The van der Waals surface area contributed by atoms with Crippen LogP contribution in [0, 0.1) is 0 Å². The zero-order chi connectivity index (χ0) is 18.7. The summed E-state index contributed by atoms with van der Waals surface area (Å²) in [5.74, 6) is -0.998. The van der Waals surface area contributed by atoms with Crippen LogP contribution in [0.5, 0.6) is 0 Å². The molecule has 1 fully saturated rings. The Kier molecular flexibility index (Phi) is 5.66. The van der Waals surface area contributed by atoms with Crippen LogP contribution in [0.2, 0.25) is 0 Å². The van der Waals surface area contributed by atoms with Crippen LogP contribution < -0.4 is 5.32 Å². The van der Waals surface area contributed by atoms with Crippen LogP contribution in [-0.4, -0.2) is 40.7 Å². The Bertz CT molecular complexity index is 748. The third-order valence-electron chi connectivity index (χ3n) is 4.39. The minimum Gasteiger partial charge on any atom is -0.348 e. The number of hydrogen-bond donors (Lipinski definition) is 1. The molecule has 0 saturated carbocycles. The van der Waals surface area contributed by atoms with E-state index < -0.39 is 17.8 Å². The summed E-state index contributed by atoms with van der Waals surface area (Å²) in [7, 11) is 0. The lowest BCUT2D eigenvalue weighted by Gasteiger charge is -2.34. The summed E-state index contributed by atoms with van der Waals surface area (Å²) in [6.45, 7) is 4.62. The standard InChI is InChI=1S/C19H23N3O3S/c1-3-5-8-12-22-18(24)15(17(23)21(11-4-2)19(22)25)16-20-13-9-6-7-10-14(13)26-16/h6-7,9-10,20H,3-5,8,11-12H2,1-2H3/b16-15-. The lowest BCUT2D eigenvalue weighted by molar-refractivity contribution is -0.136. The molecule has 1 aromatic carbocycles. The summed E-state index contributed by atoms with van der Waals surface area (Å²) in [5, 5.41) is 3.68. The van der Waals surface area contributed by atoms with Crippen molar-refractivity contribution in [2.45, 2.75) is 44.4 Å². The molecule has 26 heavy (non-hydrogen) atoms. The highest BCUT2D eigenvalue weighted by atomic mass is 32.2. The van der Waals surface area contributed by atoms with E-state index in [1.54, 1.807) is 0 Å². The van der Waals surface area contributed by atoms with Gasteiger partial charge in [-0.15, -0.1) is 0 Å². The van der Waals surface area contributed by atoms with Gasteiger partial charge < -0.3 is 5.32 Å². The number of imide groups is 2. The second kappa shape index (κ2) is 7.95. The van der Waals surface area contributed by atoms with E-state index in [0.717, 1.165) is 29.8 Å². The number of carbonyl (C=O) groups is 3. The average Bonchev–Trinajstić information content (AvgIpc) is 3.05. The Balaban J connectivity index is 1.95. The number of hydrogen-bond acceptors (Lipinski definition) is 5. The molecule has 2 aliphatic heterocycles. The van der Waals surface area contributed by atoms with Gasteiger partial charge in [-0.25, -0.2) is 4.79 Å². The predicted octanol–water partition coefficient (Wildman–Crippen LogP) is 3.81. The Labute approximate surface area is 157 Å². The molecule has 2 aliphatic rings. The summed E-state index contributed by atoms with van der Waals surface area (Å²) >= 11 is 1.36. The van der Waals surface area contributed by atoms with Gasteiger partial charge in [0.15, 0.2) is 0 Å². The molecule has 0 unspecified atom stereocenters. The van der Waals surface area contributed by atoms with Crippen molar-refractivity contribution < 1.29 is 14.4 Å². The van der Waals surface area contributed by atoms with Crippen molar-refractivity contribution in [3.05, 3.63) is 34.9 Å². The summed E-state index contributed by atoms with van der Waals surface area (Å²) in [6, 6.07) is 7.15. The van der Waals surface area contributed by atoms with Crippen LogP contribution >= 0.6 is 11.8 Å². The fourth-order valence-electron chi connectivity index (χ4n) is 3.04. The molecular formula is C19H23N3O3S. The topological polar surface area (TPSA) is 69.7 Å². The maximum Gasteiger partial charge on any atom is 0.333 e. The largest absolute Gasteiger partial charge is 0.348 e. The predicted molar refractivity (Wildman–Crippen MR) is 102 cm³/mol. The summed E-state index contributed by atoms with van der Waals surface area (Å²) < 4.78 is 0. The van der Waals surface area contributed by atoms with Crippen molar-refractivity contribution in [1.82, 2.24) is 9.80 Å². The Morgan fingerprint density at radius 3 is 2.27 bits per heavy atom. The monoisotopic (exact) mass is 373 g/mol. The minimum atomic E-state index is -0.503. The van der Waals surface area contributed by atoms with Gasteiger partial charge in [0.25, 0.3) is 11.8 Å². The second-order valence-corrected chi connectivity index (χ2v) is 7.38. The third kappa shape index (κ3) is 3.35. The van der Waals surface area contributed by atoms with E-state index in [0.29, 0.717) is 24.5 Å². The van der Waals surface area contributed by atoms with Crippen LogP contribution in [0.25, 0.3) is 0 Å². The molecule has 138 valence electrons. The van der Waals surface area contributed by atoms with Gasteiger partial charge in [0.05, 0.1) is 10.7 Å². The van der Waals surface area contributed by atoms with Crippen molar-refractivity contribution >= 4 is 35.3 Å². The van der Waals surface area contributed by atoms with Crippen LogP contribution in [0.15, 0.2) is 39.8 Å². The van der Waals surface area contributed by atoms with Gasteiger partial charge in [-0.1, -0.05) is 50.6 Å². The molecule has 7 heteroatoms. The van der Waals surface area contributed by atoms with Crippen molar-refractivity contribution in [3.63, 3.8) is 0 Å². The van der Waals surface area contributed by atoms with E-state index >= 15 is 0 Å². The number of nitrogens with zero attached hydrogens (tertiary/aromatic N) is 2. The first-order valence-electron chi connectivity index (χ1n) is 9.04. The molecule has 1 saturated heterocycles. The maximum absolute atomic E-state index is 13.0. The summed E-state index contributed by atoms with van der Waals surface area (Å²) in [6.07, 6.45) is 3.32. The van der Waals surface area contributed by atoms with E-state index in [1.807, 2.05) is 31.2 Å². The quantitative estimate of drug-likeness (QED) is 0.466. The molecule has 4 amide bonds. The smallest absolute Gasteiger partial charge is 0.333 e. The number of rotatable bonds is 6.